The SMILES string of the molecule is CCN(CC)CC(=O)N(CC(O)COc1ccc2c(=O)c(-c3ccccc3)coc2c1)c1c(C)cccc1C. The number of hydrogen-bond donors (Lipinski definition) is 1. The highest BCUT2D eigenvalue weighted by Crippen LogP contribution is 2.26. The van der Waals surface area contributed by atoms with E-state index in [9.17, 15) is 14.7 Å². The Kier molecular flexibility index (Phi) is 9.17. The first-order valence-electron chi connectivity index (χ1n) is 13.3. The number of anilines is 1. The lowest BCUT2D eigenvalue weighted by molar-refractivity contribution is -0.120. The number of nitrogens with zero attached hydrogens (tertiary/aromatic N) is 2. The molecule has 1 atom stereocenters. The molecule has 3 aromatic carbocycles. The van der Waals surface area contributed by atoms with Gasteiger partial charge in [0.1, 0.15) is 30.3 Å². The maximum Gasteiger partial charge on any atom is 0.241 e. The third kappa shape index (κ3) is 6.56. The van der Waals surface area contributed by atoms with Gasteiger partial charge in [-0.1, -0.05) is 62.4 Å². The van der Waals surface area contributed by atoms with Gasteiger partial charge in [-0.3, -0.25) is 14.5 Å². The second-order valence-corrected chi connectivity index (χ2v) is 9.67. The molecule has 0 aliphatic heterocycles. The molecule has 7 heteroatoms. The van der Waals surface area contributed by atoms with Gasteiger partial charge in [-0.05, 0) is 55.8 Å². The molecular formula is C32H36N2O5. The van der Waals surface area contributed by atoms with E-state index in [1.165, 1.54) is 6.26 Å². The molecule has 39 heavy (non-hydrogen) atoms. The number of amides is 1. The second kappa shape index (κ2) is 12.7. The molecule has 7 nitrogen and oxygen atoms in total. The van der Waals surface area contributed by atoms with Crippen LogP contribution in [0.5, 0.6) is 5.75 Å². The molecule has 1 unspecified atom stereocenters. The van der Waals surface area contributed by atoms with Crippen LogP contribution in [-0.4, -0.2) is 54.8 Å². The minimum absolute atomic E-state index is 0.0299. The van der Waals surface area contributed by atoms with Crippen molar-refractivity contribution in [3.05, 3.63) is 94.3 Å². The van der Waals surface area contributed by atoms with Crippen LogP contribution < -0.4 is 15.1 Å². The van der Waals surface area contributed by atoms with Crippen LogP contribution in [0.15, 0.2) is 82.2 Å². The van der Waals surface area contributed by atoms with Crippen LogP contribution in [0.25, 0.3) is 22.1 Å². The van der Waals surface area contributed by atoms with Crippen molar-refractivity contribution in [2.75, 3.05) is 37.7 Å². The number of fused-ring (bicyclic) bond motifs is 1. The molecule has 0 bridgehead atoms. The van der Waals surface area contributed by atoms with Crippen LogP contribution >= 0.6 is 0 Å². The monoisotopic (exact) mass is 528 g/mol. The lowest BCUT2D eigenvalue weighted by Crippen LogP contribution is -2.45. The highest BCUT2D eigenvalue weighted by Gasteiger charge is 2.24. The minimum atomic E-state index is -0.937. The molecule has 0 aliphatic carbocycles. The van der Waals surface area contributed by atoms with Gasteiger partial charge in [-0.15, -0.1) is 0 Å². The van der Waals surface area contributed by atoms with Gasteiger partial charge in [0.15, 0.2) is 5.43 Å². The molecule has 204 valence electrons. The fourth-order valence-corrected chi connectivity index (χ4v) is 4.74. The van der Waals surface area contributed by atoms with Crippen LogP contribution in [0.2, 0.25) is 0 Å². The zero-order chi connectivity index (χ0) is 27.9. The Balaban J connectivity index is 1.50. The highest BCUT2D eigenvalue weighted by molar-refractivity contribution is 5.96. The summed E-state index contributed by atoms with van der Waals surface area (Å²) < 4.78 is 11.6. The third-order valence-electron chi connectivity index (χ3n) is 6.93. The number of aryl methyl sites for hydroxylation is 2. The summed E-state index contributed by atoms with van der Waals surface area (Å²) in [6, 6.07) is 20.3. The maximum absolute atomic E-state index is 13.4. The molecule has 0 fully saturated rings. The van der Waals surface area contributed by atoms with Crippen molar-refractivity contribution in [3.63, 3.8) is 0 Å². The van der Waals surface area contributed by atoms with Crippen LogP contribution in [0.4, 0.5) is 5.69 Å². The first kappa shape index (κ1) is 28.1. The van der Waals surface area contributed by atoms with E-state index in [0.29, 0.717) is 22.3 Å². The number of rotatable bonds is 11. The summed E-state index contributed by atoms with van der Waals surface area (Å²) in [6.07, 6.45) is 0.524. The quantitative estimate of drug-likeness (QED) is 0.288. The lowest BCUT2D eigenvalue weighted by Gasteiger charge is -2.30. The normalized spacial score (nSPS) is 12.1. The predicted molar refractivity (Wildman–Crippen MR) is 155 cm³/mol. The van der Waals surface area contributed by atoms with E-state index in [0.717, 1.165) is 35.5 Å². The summed E-state index contributed by atoms with van der Waals surface area (Å²) in [5.41, 5.74) is 4.32. The molecule has 1 heterocycles. The molecule has 0 aliphatic rings. The Morgan fingerprint density at radius 2 is 1.67 bits per heavy atom. The van der Waals surface area contributed by atoms with Gasteiger partial charge in [0.2, 0.25) is 5.91 Å². The summed E-state index contributed by atoms with van der Waals surface area (Å²) in [6.45, 7) is 9.84. The Morgan fingerprint density at radius 3 is 2.33 bits per heavy atom. The summed E-state index contributed by atoms with van der Waals surface area (Å²) in [7, 11) is 0. The van der Waals surface area contributed by atoms with Gasteiger partial charge in [0, 0.05) is 11.8 Å². The lowest BCUT2D eigenvalue weighted by atomic mass is 10.1. The van der Waals surface area contributed by atoms with Crippen molar-refractivity contribution in [1.82, 2.24) is 4.90 Å². The fourth-order valence-electron chi connectivity index (χ4n) is 4.74. The van der Waals surface area contributed by atoms with E-state index in [1.54, 1.807) is 23.1 Å². The topological polar surface area (TPSA) is 83.2 Å². The molecule has 0 saturated carbocycles. The molecule has 0 saturated heterocycles. The van der Waals surface area contributed by atoms with E-state index < -0.39 is 6.10 Å². The summed E-state index contributed by atoms with van der Waals surface area (Å²) in [5, 5.41) is 11.4. The van der Waals surface area contributed by atoms with Gasteiger partial charge in [-0.25, -0.2) is 0 Å². The van der Waals surface area contributed by atoms with Crippen LogP contribution in [0.1, 0.15) is 25.0 Å². The van der Waals surface area contributed by atoms with Crippen LogP contribution in [0, 0.1) is 13.8 Å². The van der Waals surface area contributed by atoms with E-state index in [2.05, 4.69) is 4.90 Å². The fraction of sp³-hybridized carbons (Fsp3) is 0.312. The summed E-state index contributed by atoms with van der Waals surface area (Å²) >= 11 is 0. The van der Waals surface area contributed by atoms with Crippen molar-refractivity contribution in [1.29, 1.82) is 0 Å². The molecule has 0 spiro atoms. The van der Waals surface area contributed by atoms with Crippen molar-refractivity contribution in [2.45, 2.75) is 33.8 Å². The Hall–Kier alpha value is -3.94. The number of carbonyl (C=O) groups excluding carboxylic acids is 1. The minimum Gasteiger partial charge on any atom is -0.491 e. The first-order valence-corrected chi connectivity index (χ1v) is 13.3. The van der Waals surface area contributed by atoms with Crippen LogP contribution in [-0.2, 0) is 4.79 Å². The first-order chi connectivity index (χ1) is 18.8. The molecule has 1 amide bonds. The molecule has 4 rings (SSSR count). The maximum atomic E-state index is 13.4. The zero-order valence-corrected chi connectivity index (χ0v) is 23.0. The van der Waals surface area contributed by atoms with E-state index >= 15 is 0 Å². The molecule has 0 radical (unpaired) electrons. The Morgan fingerprint density at radius 1 is 0.974 bits per heavy atom. The Labute approximate surface area is 229 Å². The number of likely N-dealkylation sites (N-methyl/N-ethyl adjacent to an activating group) is 1. The summed E-state index contributed by atoms with van der Waals surface area (Å²) in [5.74, 6) is 0.391. The van der Waals surface area contributed by atoms with Crippen molar-refractivity contribution < 1.29 is 19.1 Å². The third-order valence-corrected chi connectivity index (χ3v) is 6.93. The molecular weight excluding hydrogens is 492 g/mol. The summed E-state index contributed by atoms with van der Waals surface area (Å²) in [4.78, 5) is 30.1. The highest BCUT2D eigenvalue weighted by atomic mass is 16.5. The largest absolute Gasteiger partial charge is 0.491 e. The number of hydrogen-bond acceptors (Lipinski definition) is 6. The van der Waals surface area contributed by atoms with Crippen LogP contribution in [0.3, 0.4) is 0 Å². The predicted octanol–water partition coefficient (Wildman–Crippen LogP) is 5.19. The Bertz CT molecular complexity index is 1460. The average Bonchev–Trinajstić information content (AvgIpc) is 2.94. The molecule has 4 aromatic rings. The van der Waals surface area contributed by atoms with Gasteiger partial charge >= 0.3 is 0 Å². The molecule has 1 N–H and O–H groups in total. The number of para-hydroxylation sites is 1. The number of aliphatic hydroxyl groups excluding tert-OH is 1. The standard InChI is InChI=1S/C32H36N2O5/c1-5-33(6-2)19-30(36)34(31-22(3)11-10-12-23(31)4)18-25(35)20-38-26-15-16-27-29(17-26)39-21-28(32(27)37)24-13-8-7-9-14-24/h7-17,21,25,35H,5-6,18-20H2,1-4H3. The zero-order valence-electron chi connectivity index (χ0n) is 23.0. The van der Waals surface area contributed by atoms with Crippen molar-refractivity contribution >= 4 is 22.6 Å². The van der Waals surface area contributed by atoms with E-state index in [1.807, 2.05) is 76.2 Å². The van der Waals surface area contributed by atoms with E-state index in [-0.39, 0.29) is 31.0 Å². The van der Waals surface area contributed by atoms with Gasteiger partial charge in [-0.2, -0.15) is 0 Å². The van der Waals surface area contributed by atoms with Gasteiger partial charge in [0.05, 0.1) is 24.0 Å². The smallest absolute Gasteiger partial charge is 0.241 e. The van der Waals surface area contributed by atoms with Crippen molar-refractivity contribution in [3.8, 4) is 16.9 Å². The van der Waals surface area contributed by atoms with E-state index in [4.69, 9.17) is 9.15 Å². The average molecular weight is 529 g/mol. The molecule has 1 aromatic heterocycles. The number of ether oxygens (including phenoxy) is 1. The number of carbonyl (C=O) groups is 1. The van der Waals surface area contributed by atoms with Crippen molar-refractivity contribution in [2.24, 2.45) is 0 Å². The van der Waals surface area contributed by atoms with Gasteiger partial charge in [0.25, 0.3) is 0 Å². The van der Waals surface area contributed by atoms with Gasteiger partial charge < -0.3 is 19.2 Å². The number of aliphatic hydroxyl groups is 1. The number of benzene rings is 3. The second-order valence-electron chi connectivity index (χ2n) is 9.67.